The van der Waals surface area contributed by atoms with Crippen LogP contribution in [0, 0.1) is 5.82 Å². The number of ether oxygens (including phenoxy) is 1. The molecule has 1 aliphatic heterocycles. The molecule has 2 aromatic carbocycles. The van der Waals surface area contributed by atoms with E-state index in [9.17, 15) is 14.0 Å². The second-order valence-corrected chi connectivity index (χ2v) is 6.19. The summed E-state index contributed by atoms with van der Waals surface area (Å²) in [6.07, 6.45) is 0. The second-order valence-electron chi connectivity index (χ2n) is 5.34. The molecule has 25 heavy (non-hydrogen) atoms. The molecule has 2 aromatic rings. The molecule has 0 bridgehead atoms. The van der Waals surface area contributed by atoms with E-state index in [2.05, 4.69) is 27.8 Å². The maximum Gasteiger partial charge on any atom is 0.341 e. The summed E-state index contributed by atoms with van der Waals surface area (Å²) in [4.78, 5) is 24.4. The van der Waals surface area contributed by atoms with Crippen molar-refractivity contribution in [2.75, 3.05) is 6.54 Å². The van der Waals surface area contributed by atoms with Gasteiger partial charge in [-0.25, -0.2) is 9.18 Å². The summed E-state index contributed by atoms with van der Waals surface area (Å²) < 4.78 is 18.8. The van der Waals surface area contributed by atoms with E-state index in [1.165, 1.54) is 24.3 Å². The minimum atomic E-state index is -0.572. The molecule has 126 valence electrons. The Kier molecular flexibility index (Phi) is 4.81. The fourth-order valence-corrected chi connectivity index (χ4v) is 2.98. The Morgan fingerprint density at radius 1 is 1.16 bits per heavy atom. The largest absolute Gasteiger partial charge is 0.423 e. The van der Waals surface area contributed by atoms with Crippen molar-refractivity contribution >= 4 is 33.4 Å². The smallest absolute Gasteiger partial charge is 0.341 e. The number of hydrogen-bond acceptors (Lipinski definition) is 3. The molecule has 3 rings (SSSR count). The second kappa shape index (κ2) is 7.03. The highest BCUT2D eigenvalue weighted by molar-refractivity contribution is 9.10. The van der Waals surface area contributed by atoms with E-state index < -0.39 is 5.97 Å². The summed E-state index contributed by atoms with van der Waals surface area (Å²) in [5.41, 5.74) is 1.80. The molecule has 0 spiro atoms. The molecule has 1 aliphatic rings. The Morgan fingerprint density at radius 3 is 2.52 bits per heavy atom. The van der Waals surface area contributed by atoms with Crippen LogP contribution >= 0.6 is 15.9 Å². The third-order valence-corrected chi connectivity index (χ3v) is 4.41. The number of halogens is 2. The highest BCUT2D eigenvalue weighted by atomic mass is 79.9. The number of esters is 1. The van der Waals surface area contributed by atoms with E-state index in [-0.39, 0.29) is 29.6 Å². The zero-order valence-electron chi connectivity index (χ0n) is 13.0. The molecule has 1 amide bonds. The van der Waals surface area contributed by atoms with Crippen LogP contribution in [0.3, 0.4) is 0 Å². The van der Waals surface area contributed by atoms with E-state index >= 15 is 0 Å². The SMILES string of the molecule is C=C1OC(=O)C(CNC(=O)c2ccccc2Br)=C1c1ccc(F)cc1. The maximum atomic E-state index is 13.1. The topological polar surface area (TPSA) is 55.4 Å². The number of carbonyl (C=O) groups is 2. The van der Waals surface area contributed by atoms with Crippen LogP contribution in [0.5, 0.6) is 0 Å². The van der Waals surface area contributed by atoms with Gasteiger partial charge in [0.25, 0.3) is 5.91 Å². The monoisotopic (exact) mass is 401 g/mol. The molecule has 1 N–H and O–H groups in total. The summed E-state index contributed by atoms with van der Waals surface area (Å²) >= 11 is 3.31. The summed E-state index contributed by atoms with van der Waals surface area (Å²) in [6, 6.07) is 12.6. The molecule has 6 heteroatoms. The normalized spacial score (nSPS) is 13.8. The minimum absolute atomic E-state index is 0.0231. The Morgan fingerprint density at radius 2 is 1.84 bits per heavy atom. The van der Waals surface area contributed by atoms with Crippen molar-refractivity contribution in [2.45, 2.75) is 0 Å². The first kappa shape index (κ1) is 17.1. The number of allylic oxidation sites excluding steroid dienone is 1. The van der Waals surface area contributed by atoms with Crippen LogP contribution in [0.15, 0.2) is 70.9 Å². The number of cyclic esters (lactones) is 1. The molecule has 0 atom stereocenters. The van der Waals surface area contributed by atoms with Crippen molar-refractivity contribution in [3.63, 3.8) is 0 Å². The molecule has 1 heterocycles. The molecule has 0 aliphatic carbocycles. The lowest BCUT2D eigenvalue weighted by Crippen LogP contribution is -2.27. The average molecular weight is 402 g/mol. The number of benzene rings is 2. The molecule has 0 saturated heterocycles. The third-order valence-electron chi connectivity index (χ3n) is 3.72. The highest BCUT2D eigenvalue weighted by Crippen LogP contribution is 2.33. The molecule has 0 fully saturated rings. The third kappa shape index (κ3) is 3.53. The van der Waals surface area contributed by atoms with Gasteiger partial charge in [-0.15, -0.1) is 0 Å². The van der Waals surface area contributed by atoms with Crippen LogP contribution in [0.1, 0.15) is 15.9 Å². The first-order valence-corrected chi connectivity index (χ1v) is 8.20. The summed E-state index contributed by atoms with van der Waals surface area (Å²) in [5, 5.41) is 2.70. The van der Waals surface area contributed by atoms with E-state index in [4.69, 9.17) is 4.74 Å². The van der Waals surface area contributed by atoms with Gasteiger partial charge in [-0.2, -0.15) is 0 Å². The first-order chi connectivity index (χ1) is 12.0. The van der Waals surface area contributed by atoms with Crippen LogP contribution in [-0.2, 0) is 9.53 Å². The average Bonchev–Trinajstić information content (AvgIpc) is 2.87. The lowest BCUT2D eigenvalue weighted by Gasteiger charge is -2.08. The van der Waals surface area contributed by atoms with Crippen molar-refractivity contribution in [2.24, 2.45) is 0 Å². The van der Waals surface area contributed by atoms with Crippen LogP contribution in [0.4, 0.5) is 4.39 Å². The number of amides is 1. The van der Waals surface area contributed by atoms with Gasteiger partial charge >= 0.3 is 5.97 Å². The number of nitrogens with one attached hydrogen (secondary N) is 1. The van der Waals surface area contributed by atoms with Gasteiger partial charge in [-0.05, 0) is 45.8 Å². The molecular formula is C19H13BrFNO3. The van der Waals surface area contributed by atoms with Crippen LogP contribution in [0.2, 0.25) is 0 Å². The van der Waals surface area contributed by atoms with Crippen molar-refractivity contribution in [3.05, 3.63) is 87.9 Å². The number of rotatable bonds is 4. The summed E-state index contributed by atoms with van der Waals surface area (Å²) in [7, 11) is 0. The number of hydrogen-bond donors (Lipinski definition) is 1. The molecule has 4 nitrogen and oxygen atoms in total. The Balaban J connectivity index is 1.86. The Bertz CT molecular complexity index is 903. The highest BCUT2D eigenvalue weighted by Gasteiger charge is 2.29. The standard InChI is InChI=1S/C19H13BrFNO3/c1-11-17(12-6-8-13(21)9-7-12)15(19(24)25-11)10-22-18(23)14-4-2-3-5-16(14)20/h2-9H,1,10H2,(H,22,23). The summed E-state index contributed by atoms with van der Waals surface area (Å²) in [6.45, 7) is 3.70. The van der Waals surface area contributed by atoms with Gasteiger partial charge in [0, 0.05) is 10.0 Å². The van der Waals surface area contributed by atoms with E-state index in [1.807, 2.05) is 0 Å². The fourth-order valence-electron chi connectivity index (χ4n) is 2.52. The number of carbonyl (C=O) groups excluding carboxylic acids is 2. The van der Waals surface area contributed by atoms with Crippen molar-refractivity contribution in [1.82, 2.24) is 5.32 Å². The predicted octanol–water partition coefficient (Wildman–Crippen LogP) is 3.84. The van der Waals surface area contributed by atoms with Gasteiger partial charge in [-0.1, -0.05) is 30.8 Å². The van der Waals surface area contributed by atoms with Crippen LogP contribution < -0.4 is 5.32 Å². The molecule has 0 saturated carbocycles. The van der Waals surface area contributed by atoms with Crippen molar-refractivity contribution in [1.29, 1.82) is 0 Å². The Hall–Kier alpha value is -2.73. The van der Waals surface area contributed by atoms with Crippen LogP contribution in [-0.4, -0.2) is 18.4 Å². The van der Waals surface area contributed by atoms with E-state index in [0.717, 1.165) is 0 Å². The van der Waals surface area contributed by atoms with Gasteiger partial charge in [0.15, 0.2) is 0 Å². The van der Waals surface area contributed by atoms with Gasteiger partial charge in [0.05, 0.1) is 17.7 Å². The minimum Gasteiger partial charge on any atom is -0.423 e. The Labute approximate surface area is 152 Å². The van der Waals surface area contributed by atoms with E-state index in [1.54, 1.807) is 24.3 Å². The van der Waals surface area contributed by atoms with Gasteiger partial charge in [-0.3, -0.25) is 4.79 Å². The van der Waals surface area contributed by atoms with Gasteiger partial charge in [0.2, 0.25) is 0 Å². The molecular weight excluding hydrogens is 389 g/mol. The molecule has 0 unspecified atom stereocenters. The lowest BCUT2D eigenvalue weighted by molar-refractivity contribution is -0.133. The zero-order chi connectivity index (χ0) is 18.0. The quantitative estimate of drug-likeness (QED) is 0.791. The fraction of sp³-hybridized carbons (Fsp3) is 0.0526. The van der Waals surface area contributed by atoms with Crippen LogP contribution in [0.25, 0.3) is 5.57 Å². The van der Waals surface area contributed by atoms with Crippen molar-refractivity contribution in [3.8, 4) is 0 Å². The predicted molar refractivity (Wildman–Crippen MR) is 95.0 cm³/mol. The van der Waals surface area contributed by atoms with Crippen molar-refractivity contribution < 1.29 is 18.7 Å². The molecule has 0 radical (unpaired) electrons. The maximum absolute atomic E-state index is 13.1. The van der Waals surface area contributed by atoms with Gasteiger partial charge < -0.3 is 10.1 Å². The lowest BCUT2D eigenvalue weighted by atomic mass is 10.00. The first-order valence-electron chi connectivity index (χ1n) is 7.40. The van der Waals surface area contributed by atoms with Gasteiger partial charge in [0.1, 0.15) is 11.6 Å². The zero-order valence-corrected chi connectivity index (χ0v) is 14.6. The summed E-state index contributed by atoms with van der Waals surface area (Å²) in [5.74, 6) is -1.11. The molecule has 0 aromatic heterocycles. The van der Waals surface area contributed by atoms with E-state index in [0.29, 0.717) is 21.2 Å².